The normalized spacial score (nSPS) is 19.0. The molecule has 1 saturated heterocycles. The summed E-state index contributed by atoms with van der Waals surface area (Å²) in [6, 6.07) is 5.58. The highest BCUT2D eigenvalue weighted by atomic mass is 35.5. The van der Waals surface area contributed by atoms with Gasteiger partial charge in [-0.1, -0.05) is 23.7 Å². The Kier molecular flexibility index (Phi) is 5.48. The molecule has 7 heteroatoms. The molecule has 1 fully saturated rings. The lowest BCUT2D eigenvalue weighted by Crippen LogP contribution is -2.41. The van der Waals surface area contributed by atoms with Crippen molar-refractivity contribution in [2.75, 3.05) is 0 Å². The summed E-state index contributed by atoms with van der Waals surface area (Å²) in [5.41, 5.74) is 0.314. The first kappa shape index (κ1) is 20.1. The molecule has 25 heavy (non-hydrogen) atoms. The average molecular weight is 368 g/mol. The topological polar surface area (TPSA) is 56.8 Å². The molecular formula is C18H27BClNO4. The fourth-order valence-electron chi connectivity index (χ4n) is 2.31. The Balaban J connectivity index is 2.03. The summed E-state index contributed by atoms with van der Waals surface area (Å²) in [5.74, 6) is 0. The van der Waals surface area contributed by atoms with Crippen LogP contribution in [0, 0.1) is 0 Å². The number of amides is 1. The molecule has 1 N–H and O–H groups in total. The van der Waals surface area contributed by atoms with E-state index >= 15 is 0 Å². The van der Waals surface area contributed by atoms with E-state index in [9.17, 15) is 4.79 Å². The zero-order chi connectivity index (χ0) is 19.0. The van der Waals surface area contributed by atoms with Crippen molar-refractivity contribution in [2.24, 2.45) is 0 Å². The maximum atomic E-state index is 11.7. The van der Waals surface area contributed by atoms with Gasteiger partial charge in [-0.15, -0.1) is 0 Å². The van der Waals surface area contributed by atoms with Gasteiger partial charge in [0, 0.05) is 11.6 Å². The van der Waals surface area contributed by atoms with Crippen molar-refractivity contribution in [3.8, 4) is 0 Å². The number of hydrogen-bond acceptors (Lipinski definition) is 4. The zero-order valence-corrected chi connectivity index (χ0v) is 16.8. The van der Waals surface area contributed by atoms with E-state index in [1.54, 1.807) is 0 Å². The molecular weight excluding hydrogens is 340 g/mol. The van der Waals surface area contributed by atoms with Crippen LogP contribution in [0.1, 0.15) is 54.0 Å². The maximum Gasteiger partial charge on any atom is 0.494 e. The third kappa shape index (κ3) is 4.90. The van der Waals surface area contributed by atoms with E-state index in [2.05, 4.69) is 5.32 Å². The smallest absolute Gasteiger partial charge is 0.444 e. The van der Waals surface area contributed by atoms with Crippen molar-refractivity contribution in [2.45, 2.75) is 71.8 Å². The molecule has 0 bridgehead atoms. The Morgan fingerprint density at radius 3 is 2.24 bits per heavy atom. The van der Waals surface area contributed by atoms with E-state index in [1.807, 2.05) is 66.7 Å². The van der Waals surface area contributed by atoms with Crippen LogP contribution >= 0.6 is 11.6 Å². The third-order valence-electron chi connectivity index (χ3n) is 4.42. The number of hydrogen-bond donors (Lipinski definition) is 1. The molecule has 1 heterocycles. The van der Waals surface area contributed by atoms with Crippen LogP contribution in [0.5, 0.6) is 0 Å². The highest BCUT2D eigenvalue weighted by molar-refractivity contribution is 6.62. The van der Waals surface area contributed by atoms with E-state index in [-0.39, 0.29) is 6.54 Å². The van der Waals surface area contributed by atoms with E-state index < -0.39 is 30.0 Å². The molecule has 2 rings (SSSR count). The molecule has 0 aliphatic carbocycles. The van der Waals surface area contributed by atoms with E-state index in [0.29, 0.717) is 5.02 Å². The van der Waals surface area contributed by atoms with Gasteiger partial charge in [0.25, 0.3) is 0 Å². The summed E-state index contributed by atoms with van der Waals surface area (Å²) in [7, 11) is -0.463. The summed E-state index contributed by atoms with van der Waals surface area (Å²) >= 11 is 6.36. The molecule has 1 aromatic carbocycles. The summed E-state index contributed by atoms with van der Waals surface area (Å²) in [6.07, 6.45) is -0.474. The molecule has 5 nitrogen and oxygen atoms in total. The molecule has 0 radical (unpaired) electrons. The monoisotopic (exact) mass is 367 g/mol. The summed E-state index contributed by atoms with van der Waals surface area (Å²) < 4.78 is 17.3. The third-order valence-corrected chi connectivity index (χ3v) is 4.78. The predicted molar refractivity (Wildman–Crippen MR) is 100 cm³/mol. The lowest BCUT2D eigenvalue weighted by molar-refractivity contribution is 0.00578. The van der Waals surface area contributed by atoms with Gasteiger partial charge in [-0.25, -0.2) is 4.79 Å². The van der Waals surface area contributed by atoms with Gasteiger partial charge in [-0.2, -0.15) is 0 Å². The first-order valence-corrected chi connectivity index (χ1v) is 8.79. The summed E-state index contributed by atoms with van der Waals surface area (Å²) in [5, 5.41) is 3.25. The van der Waals surface area contributed by atoms with Crippen molar-refractivity contribution >= 4 is 30.3 Å². The largest absolute Gasteiger partial charge is 0.494 e. The molecule has 138 valence electrons. The van der Waals surface area contributed by atoms with Crippen LogP contribution in [-0.2, 0) is 20.6 Å². The Hall–Kier alpha value is -1.24. The standard InChI is InChI=1S/C18H27BClNO4/c1-16(2,3)23-15(22)21-11-12-8-9-13(10-14(12)20)19-24-17(4,5)18(6,7)25-19/h8-10H,11H2,1-7H3,(H,21,22). The van der Waals surface area contributed by atoms with Gasteiger partial charge in [-0.3, -0.25) is 0 Å². The minimum absolute atomic E-state index is 0.289. The SMILES string of the molecule is CC(C)(C)OC(=O)NCc1ccc(B2OC(C)(C)C(C)(C)O2)cc1Cl. The van der Waals surface area contributed by atoms with E-state index in [4.69, 9.17) is 25.6 Å². The second-order valence-electron chi connectivity index (χ2n) is 8.29. The number of halogens is 1. The maximum absolute atomic E-state index is 11.7. The van der Waals surface area contributed by atoms with Crippen molar-refractivity contribution in [3.63, 3.8) is 0 Å². The molecule has 1 amide bonds. The summed E-state index contributed by atoms with van der Waals surface area (Å²) in [6.45, 7) is 13.8. The lowest BCUT2D eigenvalue weighted by atomic mass is 9.79. The van der Waals surface area contributed by atoms with Crippen LogP contribution in [0.25, 0.3) is 0 Å². The number of benzene rings is 1. The van der Waals surface area contributed by atoms with Crippen LogP contribution in [0.3, 0.4) is 0 Å². The van der Waals surface area contributed by atoms with E-state index in [0.717, 1.165) is 11.0 Å². The van der Waals surface area contributed by atoms with E-state index in [1.165, 1.54) is 0 Å². The Bertz CT molecular complexity index is 639. The van der Waals surface area contributed by atoms with Gasteiger partial charge in [-0.05, 0) is 65.6 Å². The Morgan fingerprint density at radius 2 is 1.76 bits per heavy atom. The first-order valence-electron chi connectivity index (χ1n) is 8.41. The Labute approximate surface area is 155 Å². The molecule has 1 aliphatic heterocycles. The molecule has 0 aromatic heterocycles. The minimum Gasteiger partial charge on any atom is -0.444 e. The molecule has 1 aromatic rings. The highest BCUT2D eigenvalue weighted by Crippen LogP contribution is 2.36. The van der Waals surface area contributed by atoms with Crippen molar-refractivity contribution in [3.05, 3.63) is 28.8 Å². The number of carbonyl (C=O) groups excluding carboxylic acids is 1. The van der Waals surface area contributed by atoms with Gasteiger partial charge in [0.15, 0.2) is 0 Å². The van der Waals surface area contributed by atoms with Gasteiger partial charge < -0.3 is 19.4 Å². The number of rotatable bonds is 3. The minimum atomic E-state index is -0.533. The second-order valence-corrected chi connectivity index (χ2v) is 8.70. The molecule has 1 aliphatic rings. The van der Waals surface area contributed by atoms with Crippen molar-refractivity contribution in [1.82, 2.24) is 5.32 Å². The number of nitrogens with one attached hydrogen (secondary N) is 1. The molecule has 0 atom stereocenters. The quantitative estimate of drug-likeness (QED) is 0.828. The second kappa shape index (κ2) is 6.82. The van der Waals surface area contributed by atoms with Gasteiger partial charge >= 0.3 is 13.2 Å². The lowest BCUT2D eigenvalue weighted by Gasteiger charge is -2.32. The first-order chi connectivity index (χ1) is 11.3. The predicted octanol–water partition coefficient (Wildman–Crippen LogP) is 3.66. The van der Waals surface area contributed by atoms with Crippen LogP contribution in [0.15, 0.2) is 18.2 Å². The Morgan fingerprint density at radius 1 is 1.20 bits per heavy atom. The van der Waals surface area contributed by atoms with Gasteiger partial charge in [0.2, 0.25) is 0 Å². The molecule has 0 unspecified atom stereocenters. The molecule has 0 spiro atoms. The van der Waals surface area contributed by atoms with Crippen LogP contribution < -0.4 is 10.8 Å². The number of ether oxygens (including phenoxy) is 1. The van der Waals surface area contributed by atoms with Gasteiger partial charge in [0.1, 0.15) is 5.60 Å². The fourth-order valence-corrected chi connectivity index (χ4v) is 2.57. The van der Waals surface area contributed by atoms with Crippen molar-refractivity contribution < 1.29 is 18.8 Å². The zero-order valence-electron chi connectivity index (χ0n) is 16.0. The van der Waals surface area contributed by atoms with Crippen LogP contribution in [0.4, 0.5) is 4.79 Å². The fraction of sp³-hybridized carbons (Fsp3) is 0.611. The molecule has 0 saturated carbocycles. The average Bonchev–Trinajstić information content (AvgIpc) is 2.64. The number of carbonyl (C=O) groups is 1. The van der Waals surface area contributed by atoms with Gasteiger partial charge in [0.05, 0.1) is 11.2 Å². The van der Waals surface area contributed by atoms with Crippen LogP contribution in [0.2, 0.25) is 5.02 Å². The summed E-state index contributed by atoms with van der Waals surface area (Å²) in [4.78, 5) is 11.7. The highest BCUT2D eigenvalue weighted by Gasteiger charge is 2.51. The van der Waals surface area contributed by atoms with Crippen molar-refractivity contribution in [1.29, 1.82) is 0 Å². The van der Waals surface area contributed by atoms with Crippen LogP contribution in [-0.4, -0.2) is 30.0 Å². The number of alkyl carbamates (subject to hydrolysis) is 1.